The van der Waals surface area contributed by atoms with E-state index in [2.05, 4.69) is 15.3 Å². The van der Waals surface area contributed by atoms with E-state index in [4.69, 9.17) is 4.98 Å². The number of nitrogens with two attached hydrogens (primary N) is 1. The lowest BCUT2D eigenvalue weighted by molar-refractivity contribution is -0.528. The second-order valence-corrected chi connectivity index (χ2v) is 11.5. The Balaban J connectivity index is 1.31. The van der Waals surface area contributed by atoms with Gasteiger partial charge < -0.3 is 10.2 Å². The summed E-state index contributed by atoms with van der Waals surface area (Å²) in [7, 11) is 0. The largest absolute Gasteiger partial charge is 0.336 e. The maximum atomic E-state index is 15.3. The van der Waals surface area contributed by atoms with Crippen LogP contribution < -0.4 is 10.6 Å². The molecule has 1 saturated heterocycles. The molecule has 2 unspecified atom stereocenters. The number of aryl methyl sites for hydroxylation is 1. The Morgan fingerprint density at radius 1 is 1.05 bits per heavy atom. The van der Waals surface area contributed by atoms with Gasteiger partial charge in [0.05, 0.1) is 29.1 Å². The molecule has 0 saturated carbocycles. The SMILES string of the molecule is CCc1ccc2c(c1)C(c1c(F)cccc1F)=NCc1cnc([NH2+]C3=CC(F)=C(C(=O)N4CC(C)NC(C)C4)CC3)nc1-2. The molecule has 2 aliphatic heterocycles. The summed E-state index contributed by atoms with van der Waals surface area (Å²) < 4.78 is 45.1. The van der Waals surface area contributed by atoms with Crippen molar-refractivity contribution in [3.63, 3.8) is 0 Å². The lowest BCUT2D eigenvalue weighted by Gasteiger charge is -2.36. The summed E-state index contributed by atoms with van der Waals surface area (Å²) in [5.41, 5.74) is 4.55. The van der Waals surface area contributed by atoms with Crippen LogP contribution in [0.3, 0.4) is 0 Å². The van der Waals surface area contributed by atoms with Gasteiger partial charge >= 0.3 is 5.95 Å². The molecule has 1 fully saturated rings. The van der Waals surface area contributed by atoms with Gasteiger partial charge in [-0.2, -0.15) is 9.97 Å². The van der Waals surface area contributed by atoms with E-state index in [1.54, 1.807) is 16.4 Å². The molecule has 2 aromatic carbocycles. The zero-order valence-corrected chi connectivity index (χ0v) is 24.4. The number of aromatic nitrogens is 2. The number of fused-ring (bicyclic) bond motifs is 3. The van der Waals surface area contributed by atoms with Gasteiger partial charge in [0, 0.05) is 60.6 Å². The van der Waals surface area contributed by atoms with Crippen molar-refractivity contribution in [1.82, 2.24) is 20.2 Å². The van der Waals surface area contributed by atoms with Crippen LogP contribution in [0.4, 0.5) is 19.1 Å². The molecule has 1 aromatic heterocycles. The van der Waals surface area contributed by atoms with E-state index in [0.29, 0.717) is 60.0 Å². The minimum atomic E-state index is -0.684. The molecule has 3 aromatic rings. The summed E-state index contributed by atoms with van der Waals surface area (Å²) in [5, 5.41) is 5.11. The van der Waals surface area contributed by atoms with Crippen molar-refractivity contribution in [1.29, 1.82) is 0 Å². The molecule has 1 amide bonds. The molecule has 6 rings (SSSR count). The highest BCUT2D eigenvalue weighted by Gasteiger charge is 2.31. The molecule has 0 radical (unpaired) electrons. The van der Waals surface area contributed by atoms with E-state index in [9.17, 15) is 13.6 Å². The first-order chi connectivity index (χ1) is 20.7. The van der Waals surface area contributed by atoms with Crippen LogP contribution in [0.15, 0.2) is 70.8 Å². The maximum absolute atomic E-state index is 15.3. The van der Waals surface area contributed by atoms with Gasteiger partial charge in [0.1, 0.15) is 23.2 Å². The lowest BCUT2D eigenvalue weighted by Crippen LogP contribution is -2.77. The van der Waals surface area contributed by atoms with E-state index in [-0.39, 0.29) is 41.4 Å². The first-order valence-corrected chi connectivity index (χ1v) is 14.7. The Morgan fingerprint density at radius 2 is 1.79 bits per heavy atom. The Morgan fingerprint density at radius 3 is 2.49 bits per heavy atom. The summed E-state index contributed by atoms with van der Waals surface area (Å²) >= 11 is 0. The normalized spacial score (nSPS) is 20.2. The van der Waals surface area contributed by atoms with Crippen molar-refractivity contribution in [3.05, 3.63) is 99.7 Å². The highest BCUT2D eigenvalue weighted by molar-refractivity contribution is 6.17. The van der Waals surface area contributed by atoms with Crippen LogP contribution in [0.25, 0.3) is 11.3 Å². The van der Waals surface area contributed by atoms with Crippen LogP contribution in [0, 0.1) is 11.6 Å². The quantitative estimate of drug-likeness (QED) is 0.456. The molecule has 0 spiro atoms. The molecular weight excluding hydrogens is 553 g/mol. The number of piperazine rings is 1. The summed E-state index contributed by atoms with van der Waals surface area (Å²) in [4.78, 5) is 28.8. The van der Waals surface area contributed by atoms with Gasteiger partial charge in [0.2, 0.25) is 0 Å². The first-order valence-electron chi connectivity index (χ1n) is 14.7. The Kier molecular flexibility index (Phi) is 7.98. The zero-order valence-electron chi connectivity index (χ0n) is 24.4. The molecule has 2 atom stereocenters. The second kappa shape index (κ2) is 11.9. The topological polar surface area (TPSA) is 87.1 Å². The average molecular weight is 588 g/mol. The molecular formula is C33H34F3N6O+. The van der Waals surface area contributed by atoms with Gasteiger partial charge in [-0.25, -0.2) is 13.2 Å². The number of quaternary nitrogens is 1. The summed E-state index contributed by atoms with van der Waals surface area (Å²) in [6.45, 7) is 7.27. The fourth-order valence-electron chi connectivity index (χ4n) is 6.12. The smallest absolute Gasteiger partial charge is 0.330 e. The third-order valence-corrected chi connectivity index (χ3v) is 8.17. The summed E-state index contributed by atoms with van der Waals surface area (Å²) in [5.74, 6) is -1.77. The number of halogens is 3. The molecule has 3 heterocycles. The highest BCUT2D eigenvalue weighted by atomic mass is 19.1. The van der Waals surface area contributed by atoms with Crippen molar-refractivity contribution in [3.8, 4) is 11.3 Å². The third-order valence-electron chi connectivity index (χ3n) is 8.17. The van der Waals surface area contributed by atoms with E-state index >= 15 is 4.39 Å². The average Bonchev–Trinajstić information content (AvgIpc) is 3.13. The number of aliphatic imine (C=N–C) groups is 1. The van der Waals surface area contributed by atoms with E-state index in [1.165, 1.54) is 24.3 Å². The number of carbonyl (C=O) groups excluding carboxylic acids is 1. The molecule has 10 heteroatoms. The number of nitrogens with one attached hydrogen (secondary N) is 1. The van der Waals surface area contributed by atoms with Crippen LogP contribution in [0.2, 0.25) is 0 Å². The number of rotatable bonds is 5. The van der Waals surface area contributed by atoms with Crippen molar-refractivity contribution in [2.45, 2.75) is 58.7 Å². The molecule has 1 aliphatic carbocycles. The Bertz CT molecular complexity index is 1670. The molecule has 3 N–H and O–H groups in total. The van der Waals surface area contributed by atoms with Crippen LogP contribution >= 0.6 is 0 Å². The van der Waals surface area contributed by atoms with Gasteiger partial charge in [-0.1, -0.05) is 25.1 Å². The van der Waals surface area contributed by atoms with E-state index in [0.717, 1.165) is 12.0 Å². The molecule has 3 aliphatic rings. The van der Waals surface area contributed by atoms with E-state index < -0.39 is 17.5 Å². The predicted molar refractivity (Wildman–Crippen MR) is 158 cm³/mol. The number of amides is 1. The third kappa shape index (κ3) is 5.77. The van der Waals surface area contributed by atoms with Gasteiger partial charge in [-0.05, 0) is 50.5 Å². The summed E-state index contributed by atoms with van der Waals surface area (Å²) in [6.07, 6.45) is 4.55. The first kappa shape index (κ1) is 28.9. The van der Waals surface area contributed by atoms with Crippen molar-refractivity contribution >= 4 is 17.6 Å². The predicted octanol–water partition coefficient (Wildman–Crippen LogP) is 4.64. The second-order valence-electron chi connectivity index (χ2n) is 11.5. The highest BCUT2D eigenvalue weighted by Crippen LogP contribution is 2.34. The Hall–Kier alpha value is -4.15. The molecule has 7 nitrogen and oxygen atoms in total. The lowest BCUT2D eigenvalue weighted by atomic mass is 9.92. The standard InChI is InChI=1S/C33H33F3N6O/c1-4-20-8-10-23-25(12-20)31(29-26(34)6-5-7-27(29)35)37-14-21-15-38-33(41-30(21)23)40-22-9-11-24(28(36)13-22)32(43)42-16-18(2)39-19(3)17-42/h5-8,10,12-13,15,18-19,39H,4,9,11,14,16-17H2,1-3H3,(H,38,40,41)/p+1. The van der Waals surface area contributed by atoms with Crippen LogP contribution in [0.1, 0.15) is 55.9 Å². The van der Waals surface area contributed by atoms with Gasteiger partial charge in [-0.15, -0.1) is 0 Å². The number of allylic oxidation sites excluding steroid dienone is 3. The number of hydrogen-bond donors (Lipinski definition) is 2. The number of carbonyl (C=O) groups is 1. The minimum absolute atomic E-state index is 0.143. The van der Waals surface area contributed by atoms with Crippen molar-refractivity contribution in [2.75, 3.05) is 13.1 Å². The fourth-order valence-corrected chi connectivity index (χ4v) is 6.12. The van der Waals surface area contributed by atoms with Crippen molar-refractivity contribution in [2.24, 2.45) is 4.99 Å². The maximum Gasteiger partial charge on any atom is 0.330 e. The number of nitrogens with zero attached hydrogens (tertiary/aromatic N) is 4. The Labute approximate surface area is 248 Å². The molecule has 222 valence electrons. The van der Waals surface area contributed by atoms with Crippen molar-refractivity contribution < 1.29 is 23.3 Å². The monoisotopic (exact) mass is 587 g/mol. The van der Waals surface area contributed by atoms with Gasteiger partial charge in [0.25, 0.3) is 5.91 Å². The molecule has 43 heavy (non-hydrogen) atoms. The van der Waals surface area contributed by atoms with Gasteiger partial charge in [-0.3, -0.25) is 15.1 Å². The number of hydrogen-bond acceptors (Lipinski definition) is 5. The van der Waals surface area contributed by atoms with E-state index in [1.807, 2.05) is 39.0 Å². The zero-order chi connectivity index (χ0) is 30.2. The minimum Gasteiger partial charge on any atom is -0.336 e. The fraction of sp³-hybridized carbons (Fsp3) is 0.333. The summed E-state index contributed by atoms with van der Waals surface area (Å²) in [6, 6.07) is 9.86. The van der Waals surface area contributed by atoms with Gasteiger partial charge in [0.15, 0.2) is 0 Å². The number of benzene rings is 2. The molecule has 0 bridgehead atoms. The van der Waals surface area contributed by atoms with Crippen LogP contribution in [0.5, 0.6) is 0 Å². The van der Waals surface area contributed by atoms with Crippen LogP contribution in [-0.2, 0) is 17.8 Å². The van der Waals surface area contributed by atoms with Crippen LogP contribution in [-0.4, -0.2) is 51.7 Å².